The van der Waals surface area contributed by atoms with Gasteiger partial charge in [-0.05, 0) is 79.9 Å². The molecule has 1 rings (SSSR count). The molecule has 1 fully saturated rings. The van der Waals surface area contributed by atoms with Crippen LogP contribution in [-0.2, 0) is 9.39 Å². The SMILES string of the molecule is CCN=C/C([B]OC(C)(C)C(C)(C)O)=C\NC1CCN(C(=O)OC(C)(C)C)CC1. The van der Waals surface area contributed by atoms with E-state index in [-0.39, 0.29) is 12.1 Å². The minimum absolute atomic E-state index is 0.252. The second kappa shape index (κ2) is 10.5. The molecule has 8 heteroatoms. The summed E-state index contributed by atoms with van der Waals surface area (Å²) in [4.78, 5) is 18.2. The van der Waals surface area contributed by atoms with Crippen LogP contribution in [-0.4, -0.2) is 72.3 Å². The Kier molecular flexibility index (Phi) is 9.22. The zero-order valence-electron chi connectivity index (χ0n) is 19.4. The second-order valence-corrected chi connectivity index (χ2v) is 9.49. The first-order valence-electron chi connectivity index (χ1n) is 10.4. The van der Waals surface area contributed by atoms with Crippen LogP contribution >= 0.6 is 0 Å². The number of ether oxygens (including phenoxy) is 1. The smallest absolute Gasteiger partial charge is 0.410 e. The molecule has 1 saturated heterocycles. The summed E-state index contributed by atoms with van der Waals surface area (Å²) in [5.41, 5.74) is -1.42. The number of hydrogen-bond donors (Lipinski definition) is 2. The Labute approximate surface area is 177 Å². The lowest BCUT2D eigenvalue weighted by atomic mass is 9.83. The number of piperidine rings is 1. The molecule has 29 heavy (non-hydrogen) atoms. The van der Waals surface area contributed by atoms with Crippen molar-refractivity contribution >= 4 is 19.8 Å². The Morgan fingerprint density at radius 1 is 1.21 bits per heavy atom. The topological polar surface area (TPSA) is 83.4 Å². The van der Waals surface area contributed by atoms with E-state index in [0.29, 0.717) is 19.6 Å². The Hall–Kier alpha value is -1.54. The molecule has 1 heterocycles. The lowest BCUT2D eigenvalue weighted by Crippen LogP contribution is -2.48. The molecule has 1 radical (unpaired) electrons. The van der Waals surface area contributed by atoms with Crippen molar-refractivity contribution < 1.29 is 19.3 Å². The van der Waals surface area contributed by atoms with Crippen LogP contribution in [0.2, 0.25) is 0 Å². The average molecular weight is 408 g/mol. The van der Waals surface area contributed by atoms with Crippen LogP contribution in [0.4, 0.5) is 4.79 Å². The fourth-order valence-electron chi connectivity index (χ4n) is 2.43. The average Bonchev–Trinajstić information content (AvgIpc) is 2.59. The lowest BCUT2D eigenvalue weighted by Gasteiger charge is -2.37. The Morgan fingerprint density at radius 3 is 2.28 bits per heavy atom. The van der Waals surface area contributed by atoms with E-state index in [1.54, 1.807) is 32.4 Å². The summed E-state index contributed by atoms with van der Waals surface area (Å²) in [6.07, 6.45) is 5.06. The molecule has 0 aromatic rings. The van der Waals surface area contributed by atoms with Crippen molar-refractivity contribution in [3.05, 3.63) is 11.7 Å². The third-order valence-corrected chi connectivity index (χ3v) is 5.02. The van der Waals surface area contributed by atoms with E-state index in [4.69, 9.17) is 9.39 Å². The number of carbonyl (C=O) groups excluding carboxylic acids is 1. The van der Waals surface area contributed by atoms with Crippen molar-refractivity contribution in [3.8, 4) is 0 Å². The molecule has 7 nitrogen and oxygen atoms in total. The fraction of sp³-hybridized carbons (Fsp3) is 0.810. The van der Waals surface area contributed by atoms with Gasteiger partial charge in [-0.3, -0.25) is 4.99 Å². The van der Waals surface area contributed by atoms with Gasteiger partial charge in [-0.15, -0.1) is 0 Å². The molecule has 0 saturated carbocycles. The van der Waals surface area contributed by atoms with Crippen LogP contribution in [0, 0.1) is 0 Å². The highest BCUT2D eigenvalue weighted by Crippen LogP contribution is 2.24. The molecular formula is C21H39BN3O4. The summed E-state index contributed by atoms with van der Waals surface area (Å²) < 4.78 is 11.3. The molecule has 0 unspecified atom stereocenters. The van der Waals surface area contributed by atoms with E-state index in [1.165, 1.54) is 0 Å². The predicted molar refractivity (Wildman–Crippen MR) is 118 cm³/mol. The highest BCUT2D eigenvalue weighted by molar-refractivity contribution is 6.46. The summed E-state index contributed by atoms with van der Waals surface area (Å²) in [7, 11) is 1.62. The van der Waals surface area contributed by atoms with Gasteiger partial charge >= 0.3 is 13.6 Å². The third-order valence-electron chi connectivity index (χ3n) is 5.02. The van der Waals surface area contributed by atoms with E-state index in [2.05, 4.69) is 10.3 Å². The van der Waals surface area contributed by atoms with Gasteiger partial charge in [0.1, 0.15) is 5.60 Å². The first kappa shape index (κ1) is 25.5. The van der Waals surface area contributed by atoms with Crippen molar-refractivity contribution in [3.63, 3.8) is 0 Å². The number of rotatable bonds is 8. The summed E-state index contributed by atoms with van der Waals surface area (Å²) in [6, 6.07) is 0.259. The van der Waals surface area contributed by atoms with Gasteiger partial charge in [0.2, 0.25) is 0 Å². The maximum Gasteiger partial charge on any atom is 0.410 e. The fourth-order valence-corrected chi connectivity index (χ4v) is 2.43. The van der Waals surface area contributed by atoms with Gasteiger partial charge in [-0.1, -0.05) is 0 Å². The monoisotopic (exact) mass is 408 g/mol. The van der Waals surface area contributed by atoms with Gasteiger partial charge in [0, 0.05) is 31.9 Å². The molecule has 1 aliphatic heterocycles. The first-order chi connectivity index (χ1) is 13.2. The number of hydrogen-bond acceptors (Lipinski definition) is 6. The van der Waals surface area contributed by atoms with Gasteiger partial charge in [-0.2, -0.15) is 0 Å². The highest BCUT2D eigenvalue weighted by atomic mass is 16.6. The molecule has 0 atom stereocenters. The Morgan fingerprint density at radius 2 is 1.79 bits per heavy atom. The van der Waals surface area contributed by atoms with E-state index < -0.39 is 16.8 Å². The molecule has 1 amide bonds. The quantitative estimate of drug-likeness (QED) is 0.476. The number of nitrogens with one attached hydrogen (secondary N) is 1. The van der Waals surface area contributed by atoms with E-state index in [0.717, 1.165) is 18.3 Å². The number of amides is 1. The van der Waals surface area contributed by atoms with Gasteiger partial charge in [0.25, 0.3) is 0 Å². The van der Waals surface area contributed by atoms with Crippen LogP contribution < -0.4 is 5.32 Å². The number of nitrogens with zero attached hydrogens (tertiary/aromatic N) is 2. The maximum absolute atomic E-state index is 12.2. The van der Waals surface area contributed by atoms with Crippen molar-refractivity contribution in [2.45, 2.75) is 91.1 Å². The van der Waals surface area contributed by atoms with Crippen LogP contribution in [0.1, 0.15) is 68.2 Å². The summed E-state index contributed by atoms with van der Waals surface area (Å²) in [5, 5.41) is 13.7. The Bertz CT molecular complexity index is 584. The summed E-state index contributed by atoms with van der Waals surface area (Å²) in [6.45, 7) is 16.7. The number of carbonyl (C=O) groups is 1. The van der Waals surface area contributed by atoms with Crippen molar-refractivity contribution in [2.75, 3.05) is 19.6 Å². The molecule has 0 spiro atoms. The summed E-state index contributed by atoms with van der Waals surface area (Å²) in [5.74, 6) is 0. The summed E-state index contributed by atoms with van der Waals surface area (Å²) >= 11 is 0. The normalized spacial score (nSPS) is 17.6. The van der Waals surface area contributed by atoms with Gasteiger partial charge < -0.3 is 24.7 Å². The number of aliphatic imine (C=N–C) groups is 1. The van der Waals surface area contributed by atoms with Crippen molar-refractivity contribution in [1.29, 1.82) is 0 Å². The van der Waals surface area contributed by atoms with Crippen LogP contribution in [0.3, 0.4) is 0 Å². The minimum Gasteiger partial charge on any atom is -0.444 e. The van der Waals surface area contributed by atoms with Crippen molar-refractivity contribution in [1.82, 2.24) is 10.2 Å². The molecule has 165 valence electrons. The van der Waals surface area contributed by atoms with Crippen LogP contribution in [0.25, 0.3) is 0 Å². The van der Waals surface area contributed by atoms with Crippen molar-refractivity contribution in [2.24, 2.45) is 4.99 Å². The number of likely N-dealkylation sites (tertiary alicyclic amines) is 1. The van der Waals surface area contributed by atoms with Crippen LogP contribution in [0.5, 0.6) is 0 Å². The lowest BCUT2D eigenvalue weighted by molar-refractivity contribution is -0.0895. The van der Waals surface area contributed by atoms with E-state index in [1.807, 2.05) is 47.7 Å². The standard InChI is InChI=1S/C21H39BN3O4/c1-9-23-14-16(22-29-21(7,8)20(5,6)27)15-24-17-10-12-25(13-11-17)18(26)28-19(2,3)4/h14-15,17,24,27H,9-13H2,1-8H3/b16-15+,23-14?. The highest BCUT2D eigenvalue weighted by Gasteiger charge is 2.36. The second-order valence-electron chi connectivity index (χ2n) is 9.49. The maximum atomic E-state index is 12.2. The first-order valence-corrected chi connectivity index (χ1v) is 10.4. The molecule has 0 bridgehead atoms. The third kappa shape index (κ3) is 9.21. The zero-order chi connectivity index (χ0) is 22.3. The van der Waals surface area contributed by atoms with Gasteiger partial charge in [0.05, 0.1) is 11.2 Å². The Balaban J connectivity index is 2.61. The number of allylic oxidation sites excluding steroid dienone is 1. The number of aliphatic hydroxyl groups is 1. The molecular weight excluding hydrogens is 369 g/mol. The van der Waals surface area contributed by atoms with Crippen LogP contribution in [0.15, 0.2) is 16.7 Å². The van der Waals surface area contributed by atoms with Gasteiger partial charge in [0.15, 0.2) is 0 Å². The van der Waals surface area contributed by atoms with Gasteiger partial charge in [-0.25, -0.2) is 4.79 Å². The largest absolute Gasteiger partial charge is 0.444 e. The molecule has 0 aliphatic carbocycles. The predicted octanol–water partition coefficient (Wildman–Crippen LogP) is 3.09. The minimum atomic E-state index is -0.988. The zero-order valence-corrected chi connectivity index (χ0v) is 19.4. The van der Waals surface area contributed by atoms with E-state index in [9.17, 15) is 9.90 Å². The molecule has 0 aromatic carbocycles. The van der Waals surface area contributed by atoms with E-state index >= 15 is 0 Å². The molecule has 1 aliphatic rings. The molecule has 2 N–H and O–H groups in total. The molecule has 0 aromatic heterocycles.